The number of hydrogen-bond donors (Lipinski definition) is 4. The highest BCUT2D eigenvalue weighted by Gasteiger charge is 2.31. The zero-order chi connectivity index (χ0) is 24.1. The first-order chi connectivity index (χ1) is 15.7. The van der Waals surface area contributed by atoms with E-state index in [0.29, 0.717) is 23.2 Å². The van der Waals surface area contributed by atoms with Gasteiger partial charge in [-0.1, -0.05) is 32.0 Å². The summed E-state index contributed by atoms with van der Waals surface area (Å²) in [7, 11) is 2.11. The van der Waals surface area contributed by atoms with Gasteiger partial charge >= 0.3 is 11.0 Å². The Bertz CT molecular complexity index is 974. The molecule has 1 saturated heterocycles. The Morgan fingerprint density at radius 2 is 1.91 bits per heavy atom. The van der Waals surface area contributed by atoms with E-state index in [2.05, 4.69) is 62.1 Å². The Balaban J connectivity index is 1.62. The van der Waals surface area contributed by atoms with E-state index >= 15 is 0 Å². The number of carbonyl (C=O) groups excluding carboxylic acids is 1. The van der Waals surface area contributed by atoms with Crippen LogP contribution in [0.3, 0.4) is 0 Å². The summed E-state index contributed by atoms with van der Waals surface area (Å²) in [6.07, 6.45) is 4.68. The molecule has 8 heteroatoms. The fraction of sp³-hybridized carbons (Fsp3) is 0.560. The van der Waals surface area contributed by atoms with Crippen molar-refractivity contribution < 1.29 is 10.2 Å². The van der Waals surface area contributed by atoms with Gasteiger partial charge in [0, 0.05) is 60.1 Å². The van der Waals surface area contributed by atoms with Crippen molar-refractivity contribution >= 4 is 38.8 Å². The van der Waals surface area contributed by atoms with Gasteiger partial charge in [-0.3, -0.25) is 15.1 Å². The SMILES string of the molecule is CC(C)CCC(Cc1c[nH]c2ccccc12)NC(=O)C(=[NH2+])SC(=N)N1C[C@@H](C)N(C)[C@H](C)C1. The lowest BCUT2D eigenvalue weighted by atomic mass is 9.97. The summed E-state index contributed by atoms with van der Waals surface area (Å²) in [5.41, 5.74) is 2.30. The van der Waals surface area contributed by atoms with Crippen molar-refractivity contribution in [3.63, 3.8) is 0 Å². The van der Waals surface area contributed by atoms with Crippen molar-refractivity contribution in [2.24, 2.45) is 5.92 Å². The molecule has 0 saturated carbocycles. The van der Waals surface area contributed by atoms with Crippen LogP contribution < -0.4 is 10.7 Å². The van der Waals surface area contributed by atoms with Crippen molar-refractivity contribution in [3.05, 3.63) is 36.0 Å². The predicted octanol–water partition coefficient (Wildman–Crippen LogP) is 2.48. The van der Waals surface area contributed by atoms with E-state index < -0.39 is 0 Å². The van der Waals surface area contributed by atoms with Crippen molar-refractivity contribution in [3.8, 4) is 0 Å². The van der Waals surface area contributed by atoms with E-state index in [4.69, 9.17) is 10.8 Å². The molecule has 1 unspecified atom stereocenters. The van der Waals surface area contributed by atoms with Gasteiger partial charge in [0.2, 0.25) is 0 Å². The molecule has 0 spiro atoms. The smallest absolute Gasteiger partial charge is 0.323 e. The molecule has 0 aliphatic carbocycles. The number of amidine groups is 1. The number of para-hydroxylation sites is 1. The first-order valence-corrected chi connectivity index (χ1v) is 12.7. The topological polar surface area (TPSA) is 101 Å². The van der Waals surface area contributed by atoms with Crippen LogP contribution in [0.2, 0.25) is 0 Å². The van der Waals surface area contributed by atoms with E-state index in [1.807, 2.05) is 23.2 Å². The number of nitrogens with two attached hydrogens (primary N) is 1. The van der Waals surface area contributed by atoms with E-state index in [9.17, 15) is 4.79 Å². The fourth-order valence-corrected chi connectivity index (χ4v) is 5.01. The number of carbonyl (C=O) groups is 1. The molecule has 0 bridgehead atoms. The molecule has 0 radical (unpaired) electrons. The van der Waals surface area contributed by atoms with Crippen LogP contribution in [-0.4, -0.2) is 69.2 Å². The maximum atomic E-state index is 13.0. The van der Waals surface area contributed by atoms with Gasteiger partial charge in [0.1, 0.15) is 0 Å². The average molecular weight is 472 g/mol. The number of aromatic amines is 1. The van der Waals surface area contributed by atoms with E-state index in [-0.39, 0.29) is 17.0 Å². The molecule has 2 heterocycles. The molecule has 2 aromatic rings. The Morgan fingerprint density at radius 1 is 1.24 bits per heavy atom. The monoisotopic (exact) mass is 471 g/mol. The molecule has 3 rings (SSSR count). The van der Waals surface area contributed by atoms with Crippen molar-refractivity contribution in [1.82, 2.24) is 20.1 Å². The number of fused-ring (bicyclic) bond motifs is 1. The fourth-order valence-electron chi connectivity index (χ4n) is 4.37. The first-order valence-electron chi connectivity index (χ1n) is 11.9. The molecule has 1 aliphatic heterocycles. The van der Waals surface area contributed by atoms with Crippen LogP contribution >= 0.6 is 11.8 Å². The number of likely N-dealkylation sites (N-methyl/N-ethyl adjacent to an activating group) is 1. The Morgan fingerprint density at radius 3 is 2.58 bits per heavy atom. The molecule has 7 nitrogen and oxygen atoms in total. The molecule has 1 aromatic heterocycles. The van der Waals surface area contributed by atoms with Crippen LogP contribution in [0.5, 0.6) is 0 Å². The number of nitrogens with zero attached hydrogens (tertiary/aromatic N) is 2. The second kappa shape index (κ2) is 11.2. The lowest BCUT2D eigenvalue weighted by Gasteiger charge is -2.42. The van der Waals surface area contributed by atoms with Gasteiger partial charge < -0.3 is 15.2 Å². The van der Waals surface area contributed by atoms with Gasteiger partial charge in [-0.25, -0.2) is 5.41 Å². The lowest BCUT2D eigenvalue weighted by molar-refractivity contribution is -0.133. The van der Waals surface area contributed by atoms with E-state index in [0.717, 1.165) is 49.6 Å². The van der Waals surface area contributed by atoms with Crippen LogP contribution in [0.25, 0.3) is 10.9 Å². The van der Waals surface area contributed by atoms with Crippen molar-refractivity contribution in [2.45, 2.75) is 65.1 Å². The molecular formula is C25H39N6OS+. The number of amides is 1. The zero-order valence-electron chi connectivity index (χ0n) is 20.5. The van der Waals surface area contributed by atoms with Crippen molar-refractivity contribution in [1.29, 1.82) is 5.41 Å². The van der Waals surface area contributed by atoms with Crippen LogP contribution in [0, 0.1) is 11.3 Å². The maximum absolute atomic E-state index is 13.0. The highest BCUT2D eigenvalue weighted by Crippen LogP contribution is 2.22. The Hall–Kier alpha value is -2.32. The number of nitrogens with one attached hydrogen (secondary N) is 3. The highest BCUT2D eigenvalue weighted by molar-refractivity contribution is 8.27. The molecular weight excluding hydrogens is 432 g/mol. The molecule has 3 atom stereocenters. The van der Waals surface area contributed by atoms with Crippen LogP contribution in [0.1, 0.15) is 46.1 Å². The average Bonchev–Trinajstić information content (AvgIpc) is 3.18. The summed E-state index contributed by atoms with van der Waals surface area (Å²) < 4.78 is 0. The molecule has 33 heavy (non-hydrogen) atoms. The number of rotatable bonds is 6. The third kappa shape index (κ3) is 6.60. The third-order valence-electron chi connectivity index (χ3n) is 6.65. The van der Waals surface area contributed by atoms with Crippen LogP contribution in [0.15, 0.2) is 30.5 Å². The van der Waals surface area contributed by atoms with Gasteiger partial charge in [-0.2, -0.15) is 0 Å². The third-order valence-corrected chi connectivity index (χ3v) is 7.50. The van der Waals surface area contributed by atoms with Gasteiger partial charge in [0.25, 0.3) is 0 Å². The summed E-state index contributed by atoms with van der Waals surface area (Å²) in [5.74, 6) is 0.269. The van der Waals surface area contributed by atoms with Gasteiger partial charge in [0.05, 0.1) is 0 Å². The summed E-state index contributed by atoms with van der Waals surface area (Å²) in [4.78, 5) is 20.6. The number of piperazine rings is 1. The number of hydrogen-bond acceptors (Lipinski definition) is 4. The molecule has 1 aromatic carbocycles. The highest BCUT2D eigenvalue weighted by atomic mass is 32.2. The van der Waals surface area contributed by atoms with E-state index in [1.165, 1.54) is 10.9 Å². The summed E-state index contributed by atoms with van der Waals surface area (Å²) in [5, 5.41) is 19.5. The second-order valence-corrected chi connectivity index (χ2v) is 10.8. The quantitative estimate of drug-likeness (QED) is 0.384. The number of thioether (sulfide) groups is 1. The number of benzene rings is 1. The van der Waals surface area contributed by atoms with Crippen LogP contribution in [-0.2, 0) is 11.2 Å². The number of aromatic nitrogens is 1. The summed E-state index contributed by atoms with van der Waals surface area (Å²) in [6.45, 7) is 10.2. The zero-order valence-corrected chi connectivity index (χ0v) is 21.3. The largest absolute Gasteiger partial charge is 0.361 e. The minimum atomic E-state index is -0.284. The van der Waals surface area contributed by atoms with Crippen molar-refractivity contribution in [2.75, 3.05) is 20.1 Å². The lowest BCUT2D eigenvalue weighted by Crippen LogP contribution is -2.57. The molecule has 1 aliphatic rings. The summed E-state index contributed by atoms with van der Waals surface area (Å²) >= 11 is 1.06. The van der Waals surface area contributed by atoms with E-state index in [1.54, 1.807) is 0 Å². The molecule has 1 amide bonds. The van der Waals surface area contributed by atoms with Gasteiger partial charge in [-0.05, 0) is 57.7 Å². The first kappa shape index (κ1) is 25.3. The van der Waals surface area contributed by atoms with Gasteiger partial charge in [0.15, 0.2) is 5.17 Å². The predicted molar refractivity (Wildman–Crippen MR) is 139 cm³/mol. The van der Waals surface area contributed by atoms with Crippen LogP contribution in [0.4, 0.5) is 0 Å². The Labute approximate surface area is 201 Å². The Kier molecular flexibility index (Phi) is 8.59. The maximum Gasteiger partial charge on any atom is 0.323 e. The minimum absolute atomic E-state index is 0.0175. The molecule has 180 valence electrons. The number of H-pyrrole nitrogens is 1. The molecule has 5 N–H and O–H groups in total. The summed E-state index contributed by atoms with van der Waals surface area (Å²) in [6, 6.07) is 8.91. The second-order valence-electron chi connectivity index (χ2n) is 9.75. The standard InChI is InChI=1S/C25H38N6OS/c1-16(2)10-11-20(12-19-13-28-22-9-7-6-8-21(19)22)29-24(32)23(26)33-25(27)31-14-17(3)30(5)18(4)15-31/h6-9,13,16-18,20,26-28H,10-12,14-15H2,1-5H3,(H,29,32)/p+1/t17-,18-,20?/m1/s1. The van der Waals surface area contributed by atoms with Gasteiger partial charge in [-0.15, -0.1) is 0 Å². The minimum Gasteiger partial charge on any atom is -0.361 e. The molecule has 1 fully saturated rings. The normalized spacial score (nSPS) is 20.2.